The summed E-state index contributed by atoms with van der Waals surface area (Å²) in [6.07, 6.45) is 1.15. The van der Waals surface area contributed by atoms with E-state index in [0.29, 0.717) is 43.3 Å². The zero-order chi connectivity index (χ0) is 26.8. The Hall–Kier alpha value is -4.27. The third-order valence-corrected chi connectivity index (χ3v) is 6.88. The van der Waals surface area contributed by atoms with E-state index >= 15 is 0 Å². The third kappa shape index (κ3) is 4.71. The van der Waals surface area contributed by atoms with Gasteiger partial charge in [-0.1, -0.05) is 42.5 Å². The number of anilines is 1. The largest absolute Gasteiger partial charge is 0.492 e. The van der Waals surface area contributed by atoms with Gasteiger partial charge in [0, 0.05) is 12.6 Å². The van der Waals surface area contributed by atoms with Crippen molar-refractivity contribution in [2.45, 2.75) is 45.3 Å². The maximum Gasteiger partial charge on any atom is 0.323 e. The van der Waals surface area contributed by atoms with Crippen molar-refractivity contribution in [2.24, 2.45) is 0 Å². The zero-order valence-electron chi connectivity index (χ0n) is 21.2. The summed E-state index contributed by atoms with van der Waals surface area (Å²) < 4.78 is 35.2. The fraction of sp³-hybridized carbons (Fsp3) is 0.276. The minimum absolute atomic E-state index is 0.00560. The molecule has 1 aromatic heterocycles. The van der Waals surface area contributed by atoms with Gasteiger partial charge in [0.05, 0.1) is 35.3 Å². The fourth-order valence-corrected chi connectivity index (χ4v) is 5.05. The number of hydrogen-bond donors (Lipinski definition) is 1. The smallest absolute Gasteiger partial charge is 0.323 e. The van der Waals surface area contributed by atoms with Gasteiger partial charge in [0.1, 0.15) is 11.6 Å². The number of halogens is 2. The van der Waals surface area contributed by atoms with E-state index in [2.05, 4.69) is 10.3 Å². The van der Waals surface area contributed by atoms with Gasteiger partial charge in [-0.3, -0.25) is 9.36 Å². The molecule has 0 saturated carbocycles. The number of aromatic nitrogens is 2. The summed E-state index contributed by atoms with van der Waals surface area (Å²) in [5, 5.41) is 2.99. The predicted molar refractivity (Wildman–Crippen MR) is 141 cm³/mol. The van der Waals surface area contributed by atoms with Crippen LogP contribution >= 0.6 is 0 Å². The summed E-state index contributed by atoms with van der Waals surface area (Å²) in [7, 11) is 0. The van der Waals surface area contributed by atoms with Gasteiger partial charge in [0.25, 0.3) is 5.56 Å². The minimum atomic E-state index is -1.10. The van der Waals surface area contributed by atoms with E-state index in [0.717, 1.165) is 17.7 Å². The highest BCUT2D eigenvalue weighted by atomic mass is 19.2. The van der Waals surface area contributed by atoms with Gasteiger partial charge < -0.3 is 15.0 Å². The van der Waals surface area contributed by atoms with E-state index in [4.69, 9.17) is 4.74 Å². The van der Waals surface area contributed by atoms with E-state index < -0.39 is 35.3 Å². The Balaban J connectivity index is 1.62. The lowest BCUT2D eigenvalue weighted by Crippen LogP contribution is -2.44. The van der Waals surface area contributed by atoms with E-state index in [1.807, 2.05) is 50.2 Å². The molecule has 2 unspecified atom stereocenters. The monoisotopic (exact) mass is 518 g/mol. The number of nitrogens with one attached hydrogen (secondary N) is 1. The van der Waals surface area contributed by atoms with Crippen molar-refractivity contribution < 1.29 is 18.3 Å². The van der Waals surface area contributed by atoms with E-state index in [-0.39, 0.29) is 10.9 Å². The predicted octanol–water partition coefficient (Wildman–Crippen LogP) is 6.20. The van der Waals surface area contributed by atoms with E-state index in [9.17, 15) is 18.4 Å². The molecule has 4 aromatic rings. The number of rotatable bonds is 6. The molecule has 2 heterocycles. The topological polar surface area (TPSA) is 76.5 Å². The average molecular weight is 519 g/mol. The Kier molecular flexibility index (Phi) is 7.09. The lowest BCUT2D eigenvalue weighted by molar-refractivity contribution is 0.140. The number of carbonyl (C=O) groups excluding carboxylic acids is 1. The number of urea groups is 1. The van der Waals surface area contributed by atoms with Crippen molar-refractivity contribution in [3.63, 3.8) is 0 Å². The molecule has 38 heavy (non-hydrogen) atoms. The Morgan fingerprint density at radius 3 is 2.61 bits per heavy atom. The van der Waals surface area contributed by atoms with Crippen LogP contribution < -0.4 is 15.6 Å². The van der Waals surface area contributed by atoms with Crippen LogP contribution in [0.4, 0.5) is 19.3 Å². The van der Waals surface area contributed by atoms with Crippen molar-refractivity contribution in [3.8, 4) is 5.75 Å². The first kappa shape index (κ1) is 25.4. The van der Waals surface area contributed by atoms with Gasteiger partial charge in [-0.05, 0) is 50.5 Å². The molecule has 2 atom stereocenters. The standard InChI is InChI=1S/C29H28F2N4O3/c1-3-38-26-14-8-7-12-23(26)33-29(37)35(18(2)19-10-5-4-6-11-19)25-13-9-15-34-27(25)32-24-17-22(31)21(30)16-20(24)28(34)36/h4-8,10-12,14,16-18,25H,3,9,13,15H2,1-2H3,(H,33,37). The molecule has 0 bridgehead atoms. The van der Waals surface area contributed by atoms with E-state index in [1.54, 1.807) is 23.1 Å². The van der Waals surface area contributed by atoms with E-state index in [1.165, 1.54) is 4.57 Å². The van der Waals surface area contributed by atoms with Gasteiger partial charge in [0.15, 0.2) is 11.6 Å². The Morgan fingerprint density at radius 2 is 1.84 bits per heavy atom. The Morgan fingerprint density at radius 1 is 1.13 bits per heavy atom. The van der Waals surface area contributed by atoms with Crippen LogP contribution in [0.1, 0.15) is 50.2 Å². The van der Waals surface area contributed by atoms with Crippen LogP contribution in [0, 0.1) is 11.6 Å². The first-order valence-corrected chi connectivity index (χ1v) is 12.6. The Bertz CT molecular complexity index is 1540. The molecule has 196 valence electrons. The molecule has 9 heteroatoms. The number of amides is 2. The second-order valence-electron chi connectivity index (χ2n) is 9.22. The lowest BCUT2D eigenvalue weighted by atomic mass is 9.99. The van der Waals surface area contributed by atoms with Gasteiger partial charge in [-0.25, -0.2) is 18.6 Å². The summed E-state index contributed by atoms with van der Waals surface area (Å²) in [5.41, 5.74) is 1.01. The van der Waals surface area contributed by atoms with Crippen LogP contribution in [0.5, 0.6) is 5.75 Å². The highest BCUT2D eigenvalue weighted by molar-refractivity contribution is 5.91. The molecule has 0 aliphatic carbocycles. The number of benzene rings is 3. The molecule has 1 aliphatic rings. The van der Waals surface area contributed by atoms with Crippen molar-refractivity contribution in [1.82, 2.24) is 14.5 Å². The molecule has 1 N–H and O–H groups in total. The van der Waals surface area contributed by atoms with Crippen LogP contribution in [0.15, 0.2) is 71.5 Å². The number of hydrogen-bond acceptors (Lipinski definition) is 4. The SMILES string of the molecule is CCOc1ccccc1NC(=O)N(C(C)c1ccccc1)C1CCCn2c1nc1cc(F)c(F)cc1c2=O. The maximum atomic E-state index is 14.1. The fourth-order valence-electron chi connectivity index (χ4n) is 5.05. The second kappa shape index (κ2) is 10.6. The number of fused-ring (bicyclic) bond motifs is 2. The van der Waals surface area contributed by atoms with Crippen LogP contribution in [-0.4, -0.2) is 27.1 Å². The van der Waals surface area contributed by atoms with Gasteiger partial charge in [-0.15, -0.1) is 0 Å². The summed E-state index contributed by atoms with van der Waals surface area (Å²) >= 11 is 0. The van der Waals surface area contributed by atoms with Crippen molar-refractivity contribution in [1.29, 1.82) is 0 Å². The summed E-state index contributed by atoms with van der Waals surface area (Å²) in [4.78, 5) is 33.6. The highest BCUT2D eigenvalue weighted by Gasteiger charge is 2.36. The number of ether oxygens (including phenoxy) is 1. The van der Waals surface area contributed by atoms with Crippen molar-refractivity contribution >= 4 is 22.6 Å². The number of carbonyl (C=O) groups is 1. The van der Waals surface area contributed by atoms with Crippen LogP contribution in [-0.2, 0) is 6.54 Å². The normalized spacial score (nSPS) is 15.5. The molecular formula is C29H28F2N4O3. The molecule has 0 fully saturated rings. The van der Waals surface area contributed by atoms with Gasteiger partial charge in [-0.2, -0.15) is 0 Å². The Labute approximate surface area is 218 Å². The molecule has 0 radical (unpaired) electrons. The van der Waals surface area contributed by atoms with Gasteiger partial charge >= 0.3 is 6.03 Å². The molecule has 3 aromatic carbocycles. The van der Waals surface area contributed by atoms with Crippen molar-refractivity contribution in [2.75, 3.05) is 11.9 Å². The second-order valence-corrected chi connectivity index (χ2v) is 9.22. The van der Waals surface area contributed by atoms with Gasteiger partial charge in [0.2, 0.25) is 0 Å². The summed E-state index contributed by atoms with van der Waals surface area (Å²) in [5.74, 6) is -1.30. The first-order valence-electron chi connectivity index (χ1n) is 12.6. The van der Waals surface area contributed by atoms with Crippen LogP contribution in [0.25, 0.3) is 10.9 Å². The molecule has 1 aliphatic heterocycles. The lowest BCUT2D eigenvalue weighted by Gasteiger charge is -2.39. The highest BCUT2D eigenvalue weighted by Crippen LogP contribution is 2.37. The first-order chi connectivity index (χ1) is 18.4. The van der Waals surface area contributed by atoms with Crippen LogP contribution in [0.3, 0.4) is 0 Å². The molecule has 5 rings (SSSR count). The van der Waals surface area contributed by atoms with Crippen molar-refractivity contribution in [3.05, 3.63) is 100 Å². The number of para-hydroxylation sites is 2. The average Bonchev–Trinajstić information content (AvgIpc) is 2.92. The molecule has 7 nitrogen and oxygen atoms in total. The maximum absolute atomic E-state index is 14.1. The quantitative estimate of drug-likeness (QED) is 0.330. The molecule has 0 saturated heterocycles. The summed E-state index contributed by atoms with van der Waals surface area (Å²) in [6, 6.07) is 17.2. The molecule has 2 amide bonds. The number of nitrogens with zero attached hydrogens (tertiary/aromatic N) is 3. The third-order valence-electron chi connectivity index (χ3n) is 6.88. The molecular weight excluding hydrogens is 490 g/mol. The minimum Gasteiger partial charge on any atom is -0.492 e. The molecule has 0 spiro atoms. The summed E-state index contributed by atoms with van der Waals surface area (Å²) in [6.45, 7) is 4.58. The zero-order valence-corrected chi connectivity index (χ0v) is 21.2. The van der Waals surface area contributed by atoms with Crippen LogP contribution in [0.2, 0.25) is 0 Å².